The molecule has 1 aromatic rings. The average Bonchev–Trinajstić information content (AvgIpc) is 2.29. The maximum Gasteiger partial charge on any atom is 0.183 e. The first-order chi connectivity index (χ1) is 5.63. The number of hydrogen-bond donors (Lipinski definition) is 1. The zero-order chi connectivity index (χ0) is 9.14. The maximum atomic E-state index is 4.48. The Morgan fingerprint density at radius 2 is 2.17 bits per heavy atom. The Labute approximate surface area is 78.0 Å². The minimum Gasteiger partial charge on any atom is -0.359 e. The molecular weight excluding hydrogens is 168 g/mol. The average molecular weight is 184 g/mol. The van der Waals surface area contributed by atoms with Gasteiger partial charge in [-0.25, -0.2) is 4.98 Å². The van der Waals surface area contributed by atoms with Crippen molar-refractivity contribution >= 4 is 16.5 Å². The van der Waals surface area contributed by atoms with Gasteiger partial charge in [0.15, 0.2) is 5.13 Å². The minimum atomic E-state index is 0.472. The lowest BCUT2D eigenvalue weighted by atomic mass is 10.3. The molecule has 0 aliphatic carbocycles. The first-order valence-corrected chi connectivity index (χ1v) is 5.18. The second-order valence-electron chi connectivity index (χ2n) is 3.17. The molecule has 12 heavy (non-hydrogen) atoms. The van der Waals surface area contributed by atoms with Crippen LogP contribution in [0.5, 0.6) is 0 Å². The van der Waals surface area contributed by atoms with Crippen LogP contribution in [0.1, 0.15) is 31.3 Å². The molecule has 0 spiro atoms. The largest absolute Gasteiger partial charge is 0.359 e. The van der Waals surface area contributed by atoms with E-state index in [1.165, 1.54) is 10.6 Å². The Morgan fingerprint density at radius 3 is 2.58 bits per heavy atom. The van der Waals surface area contributed by atoms with Gasteiger partial charge < -0.3 is 5.32 Å². The van der Waals surface area contributed by atoms with Crippen LogP contribution in [0.25, 0.3) is 0 Å². The van der Waals surface area contributed by atoms with Crippen LogP contribution in [0.4, 0.5) is 5.13 Å². The van der Waals surface area contributed by atoms with Crippen molar-refractivity contribution in [3.63, 3.8) is 0 Å². The highest BCUT2D eigenvalue weighted by Crippen LogP contribution is 2.22. The van der Waals surface area contributed by atoms with Gasteiger partial charge in [-0.2, -0.15) is 0 Å². The minimum absolute atomic E-state index is 0.472. The molecule has 0 radical (unpaired) electrons. The van der Waals surface area contributed by atoms with Crippen LogP contribution in [-0.2, 0) is 6.42 Å². The number of aryl methyl sites for hydroxylation is 2. The molecule has 0 fully saturated rings. The number of rotatable bonds is 3. The van der Waals surface area contributed by atoms with E-state index in [1.807, 2.05) is 0 Å². The molecule has 0 bridgehead atoms. The van der Waals surface area contributed by atoms with Crippen molar-refractivity contribution in [2.75, 3.05) is 5.32 Å². The third kappa shape index (κ3) is 2.21. The first-order valence-electron chi connectivity index (χ1n) is 4.36. The summed E-state index contributed by atoms with van der Waals surface area (Å²) in [6.45, 7) is 8.52. The Balaban J connectivity index is 2.75. The Morgan fingerprint density at radius 1 is 1.50 bits per heavy atom. The summed E-state index contributed by atoms with van der Waals surface area (Å²) in [5.41, 5.74) is 1.23. The summed E-state index contributed by atoms with van der Waals surface area (Å²) in [4.78, 5) is 5.81. The van der Waals surface area contributed by atoms with Crippen molar-refractivity contribution in [3.8, 4) is 0 Å². The van der Waals surface area contributed by atoms with Gasteiger partial charge in [-0.3, -0.25) is 0 Å². The smallest absolute Gasteiger partial charge is 0.183 e. The molecular formula is C9H16N2S. The standard InChI is InChI=1S/C9H16N2S/c1-5-8-7(4)12-9(11-8)10-6(2)3/h6H,5H2,1-4H3,(H,10,11). The van der Waals surface area contributed by atoms with E-state index < -0.39 is 0 Å². The molecule has 1 N–H and O–H groups in total. The molecule has 1 rings (SSSR count). The van der Waals surface area contributed by atoms with Crippen LogP contribution in [0.2, 0.25) is 0 Å². The fourth-order valence-corrected chi connectivity index (χ4v) is 2.11. The van der Waals surface area contributed by atoms with Gasteiger partial charge in [0, 0.05) is 10.9 Å². The highest BCUT2D eigenvalue weighted by molar-refractivity contribution is 7.15. The van der Waals surface area contributed by atoms with Gasteiger partial charge in [-0.05, 0) is 27.2 Å². The molecule has 0 aliphatic rings. The summed E-state index contributed by atoms with van der Waals surface area (Å²) in [5.74, 6) is 0. The van der Waals surface area contributed by atoms with E-state index in [2.05, 4.69) is 38.0 Å². The van der Waals surface area contributed by atoms with Gasteiger partial charge in [0.25, 0.3) is 0 Å². The van der Waals surface area contributed by atoms with E-state index in [9.17, 15) is 0 Å². The molecule has 3 heteroatoms. The molecule has 1 aromatic heterocycles. The SMILES string of the molecule is CCc1nc(NC(C)C)sc1C. The van der Waals surface area contributed by atoms with Crippen molar-refractivity contribution in [3.05, 3.63) is 10.6 Å². The summed E-state index contributed by atoms with van der Waals surface area (Å²) in [6, 6.07) is 0.472. The Hall–Kier alpha value is -0.570. The number of anilines is 1. The second-order valence-corrected chi connectivity index (χ2v) is 4.38. The van der Waals surface area contributed by atoms with Crippen molar-refractivity contribution in [2.45, 2.75) is 40.2 Å². The fraction of sp³-hybridized carbons (Fsp3) is 0.667. The van der Waals surface area contributed by atoms with E-state index in [4.69, 9.17) is 0 Å². The van der Waals surface area contributed by atoms with Gasteiger partial charge in [-0.1, -0.05) is 6.92 Å². The predicted octanol–water partition coefficient (Wildman–Crippen LogP) is 2.83. The second kappa shape index (κ2) is 3.90. The Kier molecular flexibility index (Phi) is 3.09. The van der Waals surface area contributed by atoms with Gasteiger partial charge in [0.2, 0.25) is 0 Å². The first kappa shape index (κ1) is 9.52. The lowest BCUT2D eigenvalue weighted by molar-refractivity contribution is 0.892. The van der Waals surface area contributed by atoms with Gasteiger partial charge in [0.05, 0.1) is 5.69 Å². The van der Waals surface area contributed by atoms with Crippen LogP contribution >= 0.6 is 11.3 Å². The molecule has 0 saturated heterocycles. The normalized spacial score (nSPS) is 10.8. The van der Waals surface area contributed by atoms with Gasteiger partial charge >= 0.3 is 0 Å². The van der Waals surface area contributed by atoms with Crippen LogP contribution in [0.15, 0.2) is 0 Å². The summed E-state index contributed by atoms with van der Waals surface area (Å²) >= 11 is 1.75. The summed E-state index contributed by atoms with van der Waals surface area (Å²) in [7, 11) is 0. The van der Waals surface area contributed by atoms with Gasteiger partial charge in [0.1, 0.15) is 0 Å². The highest BCUT2D eigenvalue weighted by atomic mass is 32.1. The van der Waals surface area contributed by atoms with Crippen molar-refractivity contribution in [1.29, 1.82) is 0 Å². The lowest BCUT2D eigenvalue weighted by Crippen LogP contribution is -2.09. The predicted molar refractivity (Wildman–Crippen MR) is 55.0 cm³/mol. The molecule has 2 nitrogen and oxygen atoms in total. The van der Waals surface area contributed by atoms with Crippen LogP contribution in [0, 0.1) is 6.92 Å². The van der Waals surface area contributed by atoms with Gasteiger partial charge in [-0.15, -0.1) is 11.3 Å². The molecule has 0 aliphatic heterocycles. The molecule has 0 atom stereocenters. The van der Waals surface area contributed by atoms with E-state index in [0.29, 0.717) is 6.04 Å². The summed E-state index contributed by atoms with van der Waals surface area (Å²) in [6.07, 6.45) is 1.03. The highest BCUT2D eigenvalue weighted by Gasteiger charge is 2.05. The van der Waals surface area contributed by atoms with Crippen molar-refractivity contribution in [1.82, 2.24) is 4.98 Å². The number of aromatic nitrogens is 1. The van der Waals surface area contributed by atoms with Crippen LogP contribution in [0.3, 0.4) is 0 Å². The molecule has 68 valence electrons. The molecule has 1 heterocycles. The monoisotopic (exact) mass is 184 g/mol. The van der Waals surface area contributed by atoms with E-state index in [-0.39, 0.29) is 0 Å². The molecule has 0 amide bonds. The number of nitrogens with one attached hydrogen (secondary N) is 1. The molecule has 0 saturated carbocycles. The van der Waals surface area contributed by atoms with Crippen molar-refractivity contribution < 1.29 is 0 Å². The number of nitrogens with zero attached hydrogens (tertiary/aromatic N) is 1. The van der Waals surface area contributed by atoms with E-state index >= 15 is 0 Å². The summed E-state index contributed by atoms with van der Waals surface area (Å²) in [5, 5.41) is 4.36. The topological polar surface area (TPSA) is 24.9 Å². The quantitative estimate of drug-likeness (QED) is 0.781. The summed E-state index contributed by atoms with van der Waals surface area (Å²) < 4.78 is 0. The van der Waals surface area contributed by atoms with E-state index in [0.717, 1.165) is 11.6 Å². The third-order valence-corrected chi connectivity index (χ3v) is 2.58. The molecule has 0 unspecified atom stereocenters. The Bertz CT molecular complexity index is 253. The zero-order valence-electron chi connectivity index (χ0n) is 8.14. The van der Waals surface area contributed by atoms with Crippen molar-refractivity contribution in [2.24, 2.45) is 0 Å². The van der Waals surface area contributed by atoms with E-state index in [1.54, 1.807) is 11.3 Å². The number of thiazole rings is 1. The van der Waals surface area contributed by atoms with Crippen LogP contribution in [-0.4, -0.2) is 11.0 Å². The maximum absolute atomic E-state index is 4.48. The zero-order valence-corrected chi connectivity index (χ0v) is 8.96. The fourth-order valence-electron chi connectivity index (χ4n) is 1.06. The lowest BCUT2D eigenvalue weighted by Gasteiger charge is -2.04. The number of hydrogen-bond acceptors (Lipinski definition) is 3. The molecule has 0 aromatic carbocycles. The third-order valence-electron chi connectivity index (χ3n) is 1.64. The van der Waals surface area contributed by atoms with Crippen LogP contribution < -0.4 is 5.32 Å².